The Morgan fingerprint density at radius 2 is 1.89 bits per heavy atom. The van der Waals surface area contributed by atoms with Crippen molar-refractivity contribution in [3.05, 3.63) is 59.9 Å². The molecule has 2 aromatic carbocycles. The van der Waals surface area contributed by atoms with Crippen molar-refractivity contribution in [2.45, 2.75) is 17.4 Å². The van der Waals surface area contributed by atoms with Crippen molar-refractivity contribution in [2.75, 3.05) is 23.3 Å². The molecule has 0 saturated carbocycles. The van der Waals surface area contributed by atoms with Crippen molar-refractivity contribution in [1.29, 1.82) is 0 Å². The van der Waals surface area contributed by atoms with Crippen LogP contribution in [0.4, 0.5) is 10.1 Å². The van der Waals surface area contributed by atoms with E-state index in [-0.39, 0.29) is 27.7 Å². The van der Waals surface area contributed by atoms with Gasteiger partial charge in [0.25, 0.3) is 15.9 Å². The first-order valence-electron chi connectivity index (χ1n) is 8.44. The molecule has 150 valence electrons. The maximum atomic E-state index is 13.7. The van der Waals surface area contributed by atoms with Crippen LogP contribution in [0.5, 0.6) is 0 Å². The molecular weight excluding hydrogens is 407 g/mol. The molecule has 1 aliphatic heterocycles. The third kappa shape index (κ3) is 4.33. The second kappa shape index (κ2) is 7.51. The number of sulfone groups is 1. The maximum Gasteiger partial charge on any atom is 0.262 e. The number of hydrogen-bond acceptors (Lipinski definition) is 5. The zero-order valence-electron chi connectivity index (χ0n) is 15.0. The first-order chi connectivity index (χ1) is 13.1. The van der Waals surface area contributed by atoms with E-state index in [0.29, 0.717) is 6.42 Å². The van der Waals surface area contributed by atoms with Crippen LogP contribution in [-0.4, -0.2) is 52.2 Å². The standard InChI is InChI=1S/C18H19FN2O5S2/c1-21(14-9-10-27(23,24)12-14)18(22)13-5-4-6-15(11-13)28(25,26)20-17-8-3-2-7-16(17)19/h2-8,11,14,20H,9-10,12H2,1H3. The SMILES string of the molecule is CN(C(=O)c1cccc(S(=O)(=O)Nc2ccccc2F)c1)C1CCS(=O)(=O)C1. The highest BCUT2D eigenvalue weighted by atomic mass is 32.2. The number of carbonyl (C=O) groups excluding carboxylic acids is 1. The van der Waals surface area contributed by atoms with Crippen molar-refractivity contribution in [1.82, 2.24) is 4.90 Å². The smallest absolute Gasteiger partial charge is 0.262 e. The summed E-state index contributed by atoms with van der Waals surface area (Å²) in [5.41, 5.74) is -0.101. The predicted molar refractivity (Wildman–Crippen MR) is 103 cm³/mol. The second-order valence-corrected chi connectivity index (χ2v) is 10.5. The first kappa shape index (κ1) is 20.3. The molecule has 1 amide bonds. The summed E-state index contributed by atoms with van der Waals surface area (Å²) in [6, 6.07) is 10.2. The van der Waals surface area contributed by atoms with Crippen LogP contribution in [0.25, 0.3) is 0 Å². The lowest BCUT2D eigenvalue weighted by molar-refractivity contribution is 0.0747. The second-order valence-electron chi connectivity index (χ2n) is 6.59. The summed E-state index contributed by atoms with van der Waals surface area (Å²) in [5.74, 6) is -1.29. The molecule has 0 spiro atoms. The zero-order chi connectivity index (χ0) is 20.5. The molecule has 1 atom stereocenters. The molecule has 1 saturated heterocycles. The minimum atomic E-state index is -4.11. The highest BCUT2D eigenvalue weighted by Crippen LogP contribution is 2.22. The van der Waals surface area contributed by atoms with Gasteiger partial charge in [-0.15, -0.1) is 0 Å². The van der Waals surface area contributed by atoms with Crippen molar-refractivity contribution in [3.8, 4) is 0 Å². The topological polar surface area (TPSA) is 101 Å². The summed E-state index contributed by atoms with van der Waals surface area (Å²) >= 11 is 0. The average molecular weight is 426 g/mol. The summed E-state index contributed by atoms with van der Waals surface area (Å²) in [6.07, 6.45) is 0.345. The van der Waals surface area contributed by atoms with Crippen LogP contribution in [-0.2, 0) is 19.9 Å². The van der Waals surface area contributed by atoms with Gasteiger partial charge < -0.3 is 4.90 Å². The minimum absolute atomic E-state index is 0.0241. The number of hydrogen-bond donors (Lipinski definition) is 1. The van der Waals surface area contributed by atoms with Gasteiger partial charge in [-0.05, 0) is 36.8 Å². The minimum Gasteiger partial charge on any atom is -0.338 e. The largest absolute Gasteiger partial charge is 0.338 e. The first-order valence-corrected chi connectivity index (χ1v) is 11.7. The normalized spacial score (nSPS) is 18.6. The number of benzene rings is 2. The van der Waals surface area contributed by atoms with Crippen molar-refractivity contribution < 1.29 is 26.0 Å². The molecule has 0 radical (unpaired) electrons. The highest BCUT2D eigenvalue weighted by Gasteiger charge is 2.33. The summed E-state index contributed by atoms with van der Waals surface area (Å²) < 4.78 is 64.3. The molecule has 7 nitrogen and oxygen atoms in total. The third-order valence-corrected chi connectivity index (χ3v) is 7.70. The molecule has 1 N–H and O–H groups in total. The van der Waals surface area contributed by atoms with E-state index in [1.807, 2.05) is 0 Å². The fourth-order valence-electron chi connectivity index (χ4n) is 2.99. The van der Waals surface area contributed by atoms with Gasteiger partial charge in [0.2, 0.25) is 0 Å². The van der Waals surface area contributed by atoms with Crippen LogP contribution >= 0.6 is 0 Å². The van der Waals surface area contributed by atoms with E-state index >= 15 is 0 Å². The Balaban J connectivity index is 1.83. The van der Waals surface area contributed by atoms with Crippen LogP contribution in [0.15, 0.2) is 53.4 Å². The Hall–Kier alpha value is -2.46. The lowest BCUT2D eigenvalue weighted by Gasteiger charge is -2.23. The van der Waals surface area contributed by atoms with Gasteiger partial charge in [0, 0.05) is 18.7 Å². The Labute approximate surface area is 163 Å². The quantitative estimate of drug-likeness (QED) is 0.787. The van der Waals surface area contributed by atoms with Crippen LogP contribution < -0.4 is 4.72 Å². The van der Waals surface area contributed by atoms with E-state index in [1.54, 1.807) is 0 Å². The van der Waals surface area contributed by atoms with Gasteiger partial charge in [-0.1, -0.05) is 18.2 Å². The Bertz CT molecular complexity index is 1120. The number of sulfonamides is 1. The van der Waals surface area contributed by atoms with Gasteiger partial charge in [-0.25, -0.2) is 21.2 Å². The summed E-state index contributed by atoms with van der Waals surface area (Å²) in [7, 11) is -5.78. The number of nitrogens with one attached hydrogen (secondary N) is 1. The van der Waals surface area contributed by atoms with E-state index in [9.17, 15) is 26.0 Å². The number of amides is 1. The molecule has 28 heavy (non-hydrogen) atoms. The highest BCUT2D eigenvalue weighted by molar-refractivity contribution is 7.92. The fraction of sp³-hybridized carbons (Fsp3) is 0.278. The fourth-order valence-corrected chi connectivity index (χ4v) is 5.88. The summed E-state index contributed by atoms with van der Waals surface area (Å²) in [6.45, 7) is 0. The van der Waals surface area contributed by atoms with Gasteiger partial charge in [0.05, 0.1) is 22.1 Å². The molecule has 2 aromatic rings. The number of nitrogens with zero attached hydrogens (tertiary/aromatic N) is 1. The molecule has 3 rings (SSSR count). The van der Waals surface area contributed by atoms with Gasteiger partial charge >= 0.3 is 0 Å². The Morgan fingerprint density at radius 1 is 1.18 bits per heavy atom. The lowest BCUT2D eigenvalue weighted by Crippen LogP contribution is -2.37. The Kier molecular flexibility index (Phi) is 5.44. The molecule has 1 heterocycles. The van der Waals surface area contributed by atoms with Gasteiger partial charge in [0.15, 0.2) is 9.84 Å². The van der Waals surface area contributed by atoms with Crippen LogP contribution in [0.2, 0.25) is 0 Å². The average Bonchev–Trinajstić information content (AvgIpc) is 3.02. The maximum absolute atomic E-state index is 13.7. The van der Waals surface area contributed by atoms with E-state index in [1.165, 1.54) is 54.4 Å². The lowest BCUT2D eigenvalue weighted by atomic mass is 10.1. The van der Waals surface area contributed by atoms with E-state index in [0.717, 1.165) is 6.07 Å². The van der Waals surface area contributed by atoms with Crippen molar-refractivity contribution >= 4 is 31.5 Å². The van der Waals surface area contributed by atoms with Crippen LogP contribution in [0, 0.1) is 5.82 Å². The predicted octanol–water partition coefficient (Wildman–Crippen LogP) is 1.89. The molecule has 1 fully saturated rings. The van der Waals surface area contributed by atoms with Crippen LogP contribution in [0.3, 0.4) is 0 Å². The van der Waals surface area contributed by atoms with Gasteiger partial charge in [-0.2, -0.15) is 0 Å². The molecule has 0 aromatic heterocycles. The summed E-state index contributed by atoms with van der Waals surface area (Å²) in [4.78, 5) is 13.8. The van der Waals surface area contributed by atoms with Gasteiger partial charge in [0.1, 0.15) is 5.82 Å². The van der Waals surface area contributed by atoms with E-state index in [4.69, 9.17) is 0 Å². The van der Waals surface area contributed by atoms with Crippen molar-refractivity contribution in [2.24, 2.45) is 0 Å². The molecule has 1 unspecified atom stereocenters. The van der Waals surface area contributed by atoms with Crippen molar-refractivity contribution in [3.63, 3.8) is 0 Å². The number of rotatable bonds is 5. The zero-order valence-corrected chi connectivity index (χ0v) is 16.6. The molecule has 0 bridgehead atoms. The van der Waals surface area contributed by atoms with E-state index in [2.05, 4.69) is 4.72 Å². The number of halogens is 1. The number of para-hydroxylation sites is 1. The molecular formula is C18H19FN2O5S2. The summed E-state index contributed by atoms with van der Waals surface area (Å²) in [5, 5.41) is 0. The molecule has 10 heteroatoms. The van der Waals surface area contributed by atoms with E-state index < -0.39 is 37.6 Å². The monoisotopic (exact) mass is 426 g/mol. The van der Waals surface area contributed by atoms with Crippen LogP contribution in [0.1, 0.15) is 16.8 Å². The van der Waals surface area contributed by atoms with Gasteiger partial charge in [-0.3, -0.25) is 9.52 Å². The third-order valence-electron chi connectivity index (χ3n) is 4.59. The molecule has 0 aliphatic carbocycles. The number of anilines is 1. The Morgan fingerprint density at radius 3 is 2.54 bits per heavy atom. The number of carbonyl (C=O) groups is 1. The molecule has 1 aliphatic rings.